The lowest BCUT2D eigenvalue weighted by Crippen LogP contribution is -2.34. The molecule has 2 amide bonds. The topological polar surface area (TPSA) is 87.6 Å². The van der Waals surface area contributed by atoms with E-state index in [2.05, 4.69) is 25.7 Å². The molecule has 27 heavy (non-hydrogen) atoms. The Labute approximate surface area is 153 Å². The lowest BCUT2D eigenvalue weighted by atomic mass is 10.2. The number of anilines is 1. The number of carbonyl (C=O) groups excluding carboxylic acids is 1. The molecular formula is C17H19F3N6O. The van der Waals surface area contributed by atoms with E-state index < -0.39 is 17.9 Å². The summed E-state index contributed by atoms with van der Waals surface area (Å²) >= 11 is 0. The van der Waals surface area contributed by atoms with E-state index in [1.807, 2.05) is 0 Å². The highest BCUT2D eigenvalue weighted by molar-refractivity contribution is 5.91. The molecular weight excluding hydrogens is 361 g/mol. The second-order valence-electron chi connectivity index (χ2n) is 6.43. The molecule has 0 radical (unpaired) electrons. The smallest absolute Gasteiger partial charge is 0.345 e. The van der Waals surface area contributed by atoms with Crippen LogP contribution in [0.2, 0.25) is 0 Å². The number of hydrogen-bond donors (Lipinski definition) is 3. The van der Waals surface area contributed by atoms with Crippen molar-refractivity contribution in [1.82, 2.24) is 25.1 Å². The van der Waals surface area contributed by atoms with Crippen LogP contribution in [0.5, 0.6) is 0 Å². The number of H-pyrrole nitrogens is 1. The Hall–Kier alpha value is -3.04. The molecule has 2 heterocycles. The van der Waals surface area contributed by atoms with E-state index in [0.717, 1.165) is 21.8 Å². The van der Waals surface area contributed by atoms with E-state index >= 15 is 0 Å². The van der Waals surface area contributed by atoms with Crippen molar-refractivity contribution >= 4 is 22.8 Å². The van der Waals surface area contributed by atoms with E-state index in [0.29, 0.717) is 11.4 Å². The molecule has 0 aliphatic rings. The van der Waals surface area contributed by atoms with Crippen LogP contribution in [0.1, 0.15) is 18.3 Å². The molecule has 0 aliphatic heterocycles. The number of aromatic amines is 1. The van der Waals surface area contributed by atoms with Crippen molar-refractivity contribution in [3.63, 3.8) is 0 Å². The number of carbonyl (C=O) groups is 1. The molecule has 0 saturated carbocycles. The van der Waals surface area contributed by atoms with Gasteiger partial charge in [0.1, 0.15) is 5.69 Å². The fourth-order valence-corrected chi connectivity index (χ4v) is 2.73. The number of aromatic nitrogens is 4. The zero-order chi connectivity index (χ0) is 19.6. The van der Waals surface area contributed by atoms with Crippen molar-refractivity contribution in [2.75, 3.05) is 11.9 Å². The van der Waals surface area contributed by atoms with Gasteiger partial charge in [0.15, 0.2) is 0 Å². The minimum atomic E-state index is -4.46. The van der Waals surface area contributed by atoms with Crippen LogP contribution in [0, 0.1) is 12.8 Å². The van der Waals surface area contributed by atoms with Crippen LogP contribution in [0.25, 0.3) is 11.0 Å². The summed E-state index contributed by atoms with van der Waals surface area (Å²) < 4.78 is 40.0. The molecule has 1 atom stereocenters. The average molecular weight is 380 g/mol. The van der Waals surface area contributed by atoms with E-state index in [9.17, 15) is 18.0 Å². The van der Waals surface area contributed by atoms with E-state index in [-0.39, 0.29) is 19.0 Å². The summed E-state index contributed by atoms with van der Waals surface area (Å²) in [6, 6.07) is 5.80. The molecule has 144 valence electrons. The number of aryl methyl sites for hydroxylation is 1. The van der Waals surface area contributed by atoms with Crippen LogP contribution in [0.3, 0.4) is 0 Å². The zero-order valence-electron chi connectivity index (χ0n) is 14.8. The van der Waals surface area contributed by atoms with Crippen LogP contribution < -0.4 is 10.6 Å². The van der Waals surface area contributed by atoms with Crippen molar-refractivity contribution in [3.8, 4) is 0 Å². The highest BCUT2D eigenvalue weighted by Crippen LogP contribution is 2.30. The molecule has 0 unspecified atom stereocenters. The summed E-state index contributed by atoms with van der Waals surface area (Å²) in [5.74, 6) is -0.244. The lowest BCUT2D eigenvalue weighted by Gasteiger charge is -2.16. The first kappa shape index (κ1) is 18.7. The maximum absolute atomic E-state index is 13.0. The van der Waals surface area contributed by atoms with E-state index in [1.54, 1.807) is 31.5 Å². The molecule has 0 saturated heterocycles. The summed E-state index contributed by atoms with van der Waals surface area (Å²) in [6.07, 6.45) is -2.90. The van der Waals surface area contributed by atoms with E-state index in [1.165, 1.54) is 6.92 Å². The predicted molar refractivity (Wildman–Crippen MR) is 94.2 cm³/mol. The Kier molecular flexibility index (Phi) is 5.06. The fraction of sp³-hybridized carbons (Fsp3) is 0.353. The second kappa shape index (κ2) is 7.29. The molecule has 1 aromatic carbocycles. The van der Waals surface area contributed by atoms with Gasteiger partial charge in [-0.3, -0.25) is 4.68 Å². The molecule has 3 aromatic rings. The van der Waals surface area contributed by atoms with Crippen molar-refractivity contribution in [2.24, 2.45) is 5.92 Å². The number of halogens is 3. The van der Waals surface area contributed by atoms with Crippen LogP contribution in [0.15, 0.2) is 30.6 Å². The second-order valence-corrected chi connectivity index (χ2v) is 6.43. The van der Waals surface area contributed by atoms with Crippen LogP contribution in [0.4, 0.5) is 23.7 Å². The fourth-order valence-electron chi connectivity index (χ4n) is 2.73. The van der Waals surface area contributed by atoms with Gasteiger partial charge < -0.3 is 15.6 Å². The molecule has 0 bridgehead atoms. The van der Waals surface area contributed by atoms with Gasteiger partial charge in [-0.25, -0.2) is 9.78 Å². The first-order valence-electron chi connectivity index (χ1n) is 8.32. The highest BCUT2D eigenvalue weighted by Gasteiger charge is 2.35. The highest BCUT2D eigenvalue weighted by atomic mass is 19.4. The summed E-state index contributed by atoms with van der Waals surface area (Å²) in [6.45, 7) is 3.50. The molecule has 10 heteroatoms. The minimum Gasteiger partial charge on any atom is -0.345 e. The Balaban J connectivity index is 1.54. The summed E-state index contributed by atoms with van der Waals surface area (Å²) in [5, 5.41) is 9.24. The number of imidazole rings is 1. The van der Waals surface area contributed by atoms with Gasteiger partial charge in [0.2, 0.25) is 0 Å². The van der Waals surface area contributed by atoms with Gasteiger partial charge in [-0.15, -0.1) is 0 Å². The van der Waals surface area contributed by atoms with Crippen molar-refractivity contribution in [2.45, 2.75) is 26.6 Å². The first-order chi connectivity index (χ1) is 12.7. The SMILES string of the molecule is Cc1cc(C(F)(F)F)n(C[C@@H](C)CNC(=O)Nc2ccc3nc[nH]c3c2)n1. The molecule has 3 rings (SSSR count). The number of hydrogen-bond acceptors (Lipinski definition) is 3. The van der Waals surface area contributed by atoms with Gasteiger partial charge in [0, 0.05) is 18.8 Å². The Morgan fingerprint density at radius 3 is 2.85 bits per heavy atom. The van der Waals surface area contributed by atoms with Crippen LogP contribution >= 0.6 is 0 Å². The normalized spacial score (nSPS) is 12.9. The maximum atomic E-state index is 13.0. The molecule has 0 spiro atoms. The van der Waals surface area contributed by atoms with Crippen molar-refractivity contribution in [3.05, 3.63) is 42.0 Å². The monoisotopic (exact) mass is 380 g/mol. The Bertz CT molecular complexity index is 946. The Morgan fingerprint density at radius 1 is 1.33 bits per heavy atom. The molecule has 7 nitrogen and oxygen atoms in total. The van der Waals surface area contributed by atoms with Crippen molar-refractivity contribution in [1.29, 1.82) is 0 Å². The average Bonchev–Trinajstić information content (AvgIpc) is 3.18. The largest absolute Gasteiger partial charge is 0.433 e. The summed E-state index contributed by atoms with van der Waals surface area (Å²) in [7, 11) is 0. The van der Waals surface area contributed by atoms with Gasteiger partial charge in [0.05, 0.1) is 23.1 Å². The van der Waals surface area contributed by atoms with Gasteiger partial charge in [-0.1, -0.05) is 6.92 Å². The van der Waals surface area contributed by atoms with Gasteiger partial charge in [-0.2, -0.15) is 18.3 Å². The number of alkyl halides is 3. The Morgan fingerprint density at radius 2 is 2.11 bits per heavy atom. The molecule has 0 aliphatic carbocycles. The minimum absolute atomic E-state index is 0.0447. The van der Waals surface area contributed by atoms with Crippen LogP contribution in [-0.2, 0) is 12.7 Å². The number of fused-ring (bicyclic) bond motifs is 1. The molecule has 3 N–H and O–H groups in total. The van der Waals surface area contributed by atoms with Gasteiger partial charge in [-0.05, 0) is 37.1 Å². The third kappa shape index (κ3) is 4.57. The lowest BCUT2D eigenvalue weighted by molar-refractivity contribution is -0.144. The number of amides is 2. The third-order valence-electron chi connectivity index (χ3n) is 3.97. The maximum Gasteiger partial charge on any atom is 0.433 e. The quantitative estimate of drug-likeness (QED) is 0.633. The van der Waals surface area contributed by atoms with Crippen molar-refractivity contribution < 1.29 is 18.0 Å². The molecule has 2 aromatic heterocycles. The summed E-state index contributed by atoms with van der Waals surface area (Å²) in [5.41, 5.74) is 1.66. The number of nitrogens with zero attached hydrogens (tertiary/aromatic N) is 3. The number of nitrogens with one attached hydrogen (secondary N) is 3. The number of benzene rings is 1. The summed E-state index contributed by atoms with van der Waals surface area (Å²) in [4.78, 5) is 19.1. The number of urea groups is 1. The number of rotatable bonds is 5. The third-order valence-corrected chi connectivity index (χ3v) is 3.97. The first-order valence-corrected chi connectivity index (χ1v) is 8.32. The standard InChI is InChI=1S/C17H19F3N6O/c1-10(8-26-15(17(18,19)20)5-11(2)25-26)7-21-16(27)24-12-3-4-13-14(6-12)23-9-22-13/h3-6,9-10H,7-8H2,1-2H3,(H,22,23)(H2,21,24,27)/t10-/m0/s1. The van der Waals surface area contributed by atoms with Gasteiger partial charge >= 0.3 is 12.2 Å². The van der Waals surface area contributed by atoms with Gasteiger partial charge in [0.25, 0.3) is 0 Å². The zero-order valence-corrected chi connectivity index (χ0v) is 14.8. The van der Waals surface area contributed by atoms with Crippen LogP contribution in [-0.4, -0.2) is 32.3 Å². The predicted octanol–water partition coefficient (Wildman–Crippen LogP) is 3.54. The molecule has 0 fully saturated rings. The van der Waals surface area contributed by atoms with E-state index in [4.69, 9.17) is 0 Å².